The standard InChI is InChI=1S/C32H34N8O/c1-21-7-6-8-29(37-21)32-31(23-9-10-28-24(15-23)16-27(19-36-28)41-12-5-4-11-33)38-30(39-32)20-35-25-13-22(18-34)14-26(17-25)40(2)3/h6-10,13-17,19,35H,4-5,11-12,20,33H2,1-3H3,(H,38,39). The van der Waals surface area contributed by atoms with E-state index in [4.69, 9.17) is 20.4 Å². The lowest BCUT2D eigenvalue weighted by Gasteiger charge is -2.15. The average Bonchev–Trinajstić information content (AvgIpc) is 3.42. The second-order valence-electron chi connectivity index (χ2n) is 10.1. The highest BCUT2D eigenvalue weighted by Crippen LogP contribution is 2.32. The number of H-pyrrole nitrogens is 1. The Morgan fingerprint density at radius 2 is 1.93 bits per heavy atom. The van der Waals surface area contributed by atoms with Crippen molar-refractivity contribution in [1.29, 1.82) is 5.26 Å². The lowest BCUT2D eigenvalue weighted by atomic mass is 10.1. The molecule has 2 aromatic carbocycles. The third kappa shape index (κ3) is 6.62. The van der Waals surface area contributed by atoms with E-state index in [-0.39, 0.29) is 0 Å². The quantitative estimate of drug-likeness (QED) is 0.181. The summed E-state index contributed by atoms with van der Waals surface area (Å²) < 4.78 is 5.90. The van der Waals surface area contributed by atoms with Crippen molar-refractivity contribution in [1.82, 2.24) is 19.9 Å². The van der Waals surface area contributed by atoms with Gasteiger partial charge in [-0.3, -0.25) is 9.97 Å². The third-order valence-corrected chi connectivity index (χ3v) is 6.72. The number of pyridine rings is 2. The number of hydrogen-bond donors (Lipinski definition) is 3. The number of ether oxygens (including phenoxy) is 1. The Bertz CT molecular complexity index is 1700. The molecule has 208 valence electrons. The molecule has 0 saturated carbocycles. The topological polar surface area (TPSA) is 129 Å². The number of nitrogens with two attached hydrogens (primary N) is 1. The monoisotopic (exact) mass is 546 g/mol. The maximum absolute atomic E-state index is 9.49. The molecular formula is C32H34N8O. The third-order valence-electron chi connectivity index (χ3n) is 6.72. The van der Waals surface area contributed by atoms with Crippen molar-refractivity contribution in [2.24, 2.45) is 5.73 Å². The number of benzene rings is 2. The second-order valence-corrected chi connectivity index (χ2v) is 10.1. The Morgan fingerprint density at radius 1 is 1.05 bits per heavy atom. The number of fused-ring (bicyclic) bond motifs is 1. The van der Waals surface area contributed by atoms with Crippen molar-refractivity contribution in [3.63, 3.8) is 0 Å². The molecule has 0 aliphatic heterocycles. The first kappa shape index (κ1) is 27.6. The lowest BCUT2D eigenvalue weighted by Crippen LogP contribution is -2.10. The number of aromatic nitrogens is 4. The Labute approximate surface area is 240 Å². The van der Waals surface area contributed by atoms with E-state index in [0.717, 1.165) is 75.0 Å². The van der Waals surface area contributed by atoms with Crippen molar-refractivity contribution in [2.45, 2.75) is 26.3 Å². The van der Waals surface area contributed by atoms with Crippen LogP contribution in [0.2, 0.25) is 0 Å². The average molecular weight is 547 g/mol. The number of imidazole rings is 1. The zero-order chi connectivity index (χ0) is 28.8. The molecule has 0 spiro atoms. The molecule has 9 nitrogen and oxygen atoms in total. The van der Waals surface area contributed by atoms with Crippen LogP contribution in [-0.2, 0) is 6.54 Å². The van der Waals surface area contributed by atoms with Gasteiger partial charge in [-0.25, -0.2) is 4.98 Å². The highest BCUT2D eigenvalue weighted by Gasteiger charge is 2.17. The van der Waals surface area contributed by atoms with E-state index < -0.39 is 0 Å². The second kappa shape index (κ2) is 12.5. The van der Waals surface area contributed by atoms with E-state index in [1.54, 1.807) is 6.20 Å². The molecule has 5 aromatic rings. The molecule has 0 atom stereocenters. The molecule has 0 aliphatic rings. The van der Waals surface area contributed by atoms with Gasteiger partial charge in [0.15, 0.2) is 0 Å². The SMILES string of the molecule is Cc1cccc(-c2[nH]c(CNc3cc(C#N)cc(N(C)C)c3)nc2-c2ccc3ncc(OCCCCN)cc3c2)n1. The van der Waals surface area contributed by atoms with Gasteiger partial charge in [0, 0.05) is 42.1 Å². The highest BCUT2D eigenvalue weighted by molar-refractivity contribution is 5.87. The summed E-state index contributed by atoms with van der Waals surface area (Å²) in [6.07, 6.45) is 3.59. The van der Waals surface area contributed by atoms with E-state index in [1.165, 1.54) is 0 Å². The number of aromatic amines is 1. The van der Waals surface area contributed by atoms with Crippen LogP contribution in [0.4, 0.5) is 11.4 Å². The molecule has 0 aliphatic carbocycles. The minimum atomic E-state index is 0.441. The molecular weight excluding hydrogens is 512 g/mol. The fraction of sp³-hybridized carbons (Fsp3) is 0.250. The Morgan fingerprint density at radius 3 is 2.71 bits per heavy atom. The van der Waals surface area contributed by atoms with Crippen molar-refractivity contribution < 1.29 is 4.74 Å². The number of hydrogen-bond acceptors (Lipinski definition) is 8. The Kier molecular flexibility index (Phi) is 8.42. The smallest absolute Gasteiger partial charge is 0.138 e. The predicted molar refractivity (Wildman–Crippen MR) is 164 cm³/mol. The van der Waals surface area contributed by atoms with Crippen molar-refractivity contribution in [3.8, 4) is 34.5 Å². The molecule has 0 saturated heterocycles. The summed E-state index contributed by atoms with van der Waals surface area (Å²) >= 11 is 0. The number of nitriles is 1. The van der Waals surface area contributed by atoms with Crippen LogP contribution in [0, 0.1) is 18.3 Å². The van der Waals surface area contributed by atoms with Gasteiger partial charge in [0.05, 0.1) is 53.6 Å². The summed E-state index contributed by atoms with van der Waals surface area (Å²) in [5, 5.41) is 13.9. The summed E-state index contributed by atoms with van der Waals surface area (Å²) in [6.45, 7) is 3.68. The molecule has 0 radical (unpaired) electrons. The van der Waals surface area contributed by atoms with E-state index in [1.807, 2.05) is 80.5 Å². The van der Waals surface area contributed by atoms with Gasteiger partial charge in [-0.1, -0.05) is 12.1 Å². The molecule has 0 amide bonds. The van der Waals surface area contributed by atoms with Crippen LogP contribution in [0.15, 0.2) is 66.9 Å². The number of aryl methyl sites for hydroxylation is 1. The van der Waals surface area contributed by atoms with Gasteiger partial charge in [-0.2, -0.15) is 5.26 Å². The van der Waals surface area contributed by atoms with Gasteiger partial charge in [0.2, 0.25) is 0 Å². The van der Waals surface area contributed by atoms with Gasteiger partial charge >= 0.3 is 0 Å². The zero-order valence-electron chi connectivity index (χ0n) is 23.6. The molecule has 3 heterocycles. The molecule has 3 aromatic heterocycles. The summed E-state index contributed by atoms with van der Waals surface area (Å²) in [5.41, 5.74) is 13.2. The first-order chi connectivity index (χ1) is 19.9. The fourth-order valence-electron chi connectivity index (χ4n) is 4.58. The van der Waals surface area contributed by atoms with Crippen molar-refractivity contribution >= 4 is 22.3 Å². The molecule has 0 fully saturated rings. The van der Waals surface area contributed by atoms with Crippen LogP contribution in [0.3, 0.4) is 0 Å². The van der Waals surface area contributed by atoms with Crippen molar-refractivity contribution in [2.75, 3.05) is 37.5 Å². The van der Waals surface area contributed by atoms with Crippen LogP contribution in [0.25, 0.3) is 33.5 Å². The summed E-state index contributed by atoms with van der Waals surface area (Å²) in [7, 11) is 3.91. The molecule has 0 bridgehead atoms. The number of rotatable bonds is 11. The van der Waals surface area contributed by atoms with Gasteiger partial charge in [-0.05, 0) is 74.8 Å². The largest absolute Gasteiger partial charge is 0.492 e. The fourth-order valence-corrected chi connectivity index (χ4v) is 4.58. The molecule has 4 N–H and O–H groups in total. The van der Waals surface area contributed by atoms with E-state index >= 15 is 0 Å². The van der Waals surface area contributed by atoms with E-state index in [0.29, 0.717) is 25.3 Å². The molecule has 0 unspecified atom stereocenters. The van der Waals surface area contributed by atoms with E-state index in [9.17, 15) is 5.26 Å². The number of nitrogens with one attached hydrogen (secondary N) is 2. The predicted octanol–water partition coefficient (Wildman–Crippen LogP) is 5.66. The van der Waals surface area contributed by atoms with Crippen LogP contribution in [0.5, 0.6) is 5.75 Å². The zero-order valence-corrected chi connectivity index (χ0v) is 23.6. The highest BCUT2D eigenvalue weighted by atomic mass is 16.5. The Hall–Kier alpha value is -4.94. The minimum absolute atomic E-state index is 0.441. The van der Waals surface area contributed by atoms with Gasteiger partial charge < -0.3 is 25.7 Å². The van der Waals surface area contributed by atoms with Crippen LogP contribution < -0.4 is 20.7 Å². The maximum atomic E-state index is 9.49. The lowest BCUT2D eigenvalue weighted by molar-refractivity contribution is 0.307. The summed E-state index contributed by atoms with van der Waals surface area (Å²) in [6, 6.07) is 22.0. The van der Waals surface area contributed by atoms with E-state index in [2.05, 4.69) is 27.4 Å². The minimum Gasteiger partial charge on any atom is -0.492 e. The van der Waals surface area contributed by atoms with Crippen molar-refractivity contribution in [3.05, 3.63) is 83.9 Å². The van der Waals surface area contributed by atoms with Gasteiger partial charge in [-0.15, -0.1) is 0 Å². The maximum Gasteiger partial charge on any atom is 0.138 e. The number of anilines is 2. The Balaban J connectivity index is 1.48. The van der Waals surface area contributed by atoms with Gasteiger partial charge in [0.1, 0.15) is 11.6 Å². The first-order valence-electron chi connectivity index (χ1n) is 13.7. The normalized spacial score (nSPS) is 10.9. The molecule has 41 heavy (non-hydrogen) atoms. The summed E-state index contributed by atoms with van der Waals surface area (Å²) in [4.78, 5) is 19.8. The van der Waals surface area contributed by atoms with Gasteiger partial charge in [0.25, 0.3) is 0 Å². The van der Waals surface area contributed by atoms with Crippen LogP contribution in [-0.4, -0.2) is 47.2 Å². The number of unbranched alkanes of at least 4 members (excludes halogenated alkanes) is 1. The van der Waals surface area contributed by atoms with Crippen LogP contribution in [0.1, 0.15) is 29.9 Å². The molecule has 5 rings (SSSR count). The summed E-state index contributed by atoms with van der Waals surface area (Å²) in [5.74, 6) is 1.48. The first-order valence-corrected chi connectivity index (χ1v) is 13.7. The van der Waals surface area contributed by atoms with Crippen LogP contribution >= 0.6 is 0 Å². The molecule has 9 heteroatoms. The number of nitrogens with zero attached hydrogens (tertiary/aromatic N) is 5.